The van der Waals surface area contributed by atoms with Gasteiger partial charge >= 0.3 is 0 Å². The second-order valence-corrected chi connectivity index (χ2v) is 3.41. The summed E-state index contributed by atoms with van der Waals surface area (Å²) in [4.78, 5) is 22.0. The molecule has 0 aliphatic carbocycles. The fourth-order valence-electron chi connectivity index (χ4n) is 1.50. The second-order valence-electron chi connectivity index (χ2n) is 3.41. The SMILES string of the molecule is CC(=O)c1ccccc1-n1cc(C=O)cn1. The highest BCUT2D eigenvalue weighted by Crippen LogP contribution is 2.14. The number of rotatable bonds is 3. The highest BCUT2D eigenvalue weighted by Gasteiger charge is 2.08. The molecule has 1 heterocycles. The van der Waals surface area contributed by atoms with E-state index >= 15 is 0 Å². The molecule has 2 rings (SSSR count). The van der Waals surface area contributed by atoms with Crippen LogP contribution in [0.4, 0.5) is 0 Å². The normalized spacial score (nSPS) is 10.1. The molecule has 0 amide bonds. The van der Waals surface area contributed by atoms with Gasteiger partial charge in [0, 0.05) is 11.8 Å². The number of ketones is 1. The zero-order valence-corrected chi connectivity index (χ0v) is 8.75. The van der Waals surface area contributed by atoms with Gasteiger partial charge < -0.3 is 0 Å². The summed E-state index contributed by atoms with van der Waals surface area (Å²) in [6.07, 6.45) is 3.78. The molecule has 0 saturated carbocycles. The molecule has 0 N–H and O–H groups in total. The zero-order chi connectivity index (χ0) is 11.5. The van der Waals surface area contributed by atoms with Gasteiger partial charge in [-0.05, 0) is 19.1 Å². The first-order chi connectivity index (χ1) is 7.72. The van der Waals surface area contributed by atoms with Crippen LogP contribution in [0.5, 0.6) is 0 Å². The molecule has 0 aliphatic rings. The Labute approximate surface area is 92.5 Å². The molecule has 0 spiro atoms. The quantitative estimate of drug-likeness (QED) is 0.579. The van der Waals surface area contributed by atoms with Gasteiger partial charge in [-0.15, -0.1) is 0 Å². The summed E-state index contributed by atoms with van der Waals surface area (Å²) in [5.74, 6) is -0.0289. The van der Waals surface area contributed by atoms with Crippen molar-refractivity contribution >= 4 is 12.1 Å². The van der Waals surface area contributed by atoms with Crippen LogP contribution >= 0.6 is 0 Å². The molecule has 4 nitrogen and oxygen atoms in total. The monoisotopic (exact) mass is 214 g/mol. The van der Waals surface area contributed by atoms with Crippen LogP contribution in [-0.2, 0) is 0 Å². The summed E-state index contributed by atoms with van der Waals surface area (Å²) in [6.45, 7) is 1.50. The molecule has 16 heavy (non-hydrogen) atoms. The van der Waals surface area contributed by atoms with Gasteiger partial charge in [0.25, 0.3) is 0 Å². The van der Waals surface area contributed by atoms with E-state index in [4.69, 9.17) is 0 Å². The summed E-state index contributed by atoms with van der Waals surface area (Å²) in [5.41, 5.74) is 1.75. The van der Waals surface area contributed by atoms with Gasteiger partial charge in [-0.25, -0.2) is 4.68 Å². The molecule has 4 heteroatoms. The Bertz CT molecular complexity index is 543. The largest absolute Gasteiger partial charge is 0.298 e. The van der Waals surface area contributed by atoms with Crippen molar-refractivity contribution in [2.75, 3.05) is 0 Å². The number of hydrogen-bond donors (Lipinski definition) is 0. The highest BCUT2D eigenvalue weighted by molar-refractivity contribution is 5.97. The topological polar surface area (TPSA) is 52.0 Å². The average Bonchev–Trinajstić information content (AvgIpc) is 2.77. The first kappa shape index (κ1) is 10.3. The van der Waals surface area contributed by atoms with Gasteiger partial charge in [0.2, 0.25) is 0 Å². The minimum absolute atomic E-state index is 0.0289. The molecular formula is C12H10N2O2. The third kappa shape index (κ3) is 1.77. The number of benzene rings is 1. The van der Waals surface area contributed by atoms with Gasteiger partial charge in [0.15, 0.2) is 12.1 Å². The number of nitrogens with zero attached hydrogens (tertiary/aromatic N) is 2. The maximum Gasteiger partial charge on any atom is 0.161 e. The molecule has 80 valence electrons. The molecule has 1 aromatic carbocycles. The van der Waals surface area contributed by atoms with Gasteiger partial charge in [-0.2, -0.15) is 5.10 Å². The molecule has 0 bridgehead atoms. The Hall–Kier alpha value is -2.23. The van der Waals surface area contributed by atoms with E-state index in [0.717, 1.165) is 6.29 Å². The summed E-state index contributed by atoms with van der Waals surface area (Å²) in [6, 6.07) is 7.15. The third-order valence-corrected chi connectivity index (χ3v) is 2.27. The van der Waals surface area contributed by atoms with E-state index in [0.29, 0.717) is 16.8 Å². The Balaban J connectivity index is 2.54. The van der Waals surface area contributed by atoms with E-state index in [1.807, 2.05) is 6.07 Å². The fraction of sp³-hybridized carbons (Fsp3) is 0.0833. The van der Waals surface area contributed by atoms with E-state index < -0.39 is 0 Å². The number of carbonyl (C=O) groups is 2. The lowest BCUT2D eigenvalue weighted by atomic mass is 10.1. The molecule has 0 saturated heterocycles. The van der Waals surface area contributed by atoms with Gasteiger partial charge in [-0.1, -0.05) is 12.1 Å². The minimum Gasteiger partial charge on any atom is -0.298 e. The van der Waals surface area contributed by atoms with Crippen molar-refractivity contribution in [2.45, 2.75) is 6.92 Å². The first-order valence-corrected chi connectivity index (χ1v) is 4.82. The number of para-hydroxylation sites is 1. The number of carbonyl (C=O) groups excluding carboxylic acids is 2. The summed E-state index contributed by atoms with van der Waals surface area (Å²) in [7, 11) is 0. The molecule has 0 radical (unpaired) electrons. The van der Waals surface area contributed by atoms with Crippen molar-refractivity contribution in [3.8, 4) is 5.69 Å². The summed E-state index contributed by atoms with van der Waals surface area (Å²) < 4.78 is 1.53. The van der Waals surface area contributed by atoms with Gasteiger partial charge in [-0.3, -0.25) is 9.59 Å². The van der Waals surface area contributed by atoms with E-state index in [9.17, 15) is 9.59 Å². The lowest BCUT2D eigenvalue weighted by Gasteiger charge is -2.05. The smallest absolute Gasteiger partial charge is 0.161 e. The maximum atomic E-state index is 11.4. The number of aldehydes is 1. The van der Waals surface area contributed by atoms with Gasteiger partial charge in [0.05, 0.1) is 17.4 Å². The first-order valence-electron chi connectivity index (χ1n) is 4.82. The molecule has 0 atom stereocenters. The van der Waals surface area contributed by atoms with Crippen molar-refractivity contribution < 1.29 is 9.59 Å². The number of hydrogen-bond acceptors (Lipinski definition) is 3. The molecule has 0 aliphatic heterocycles. The fourth-order valence-corrected chi connectivity index (χ4v) is 1.50. The lowest BCUT2D eigenvalue weighted by Crippen LogP contribution is -2.03. The van der Waals surface area contributed by atoms with E-state index in [1.54, 1.807) is 24.4 Å². The predicted molar refractivity (Wildman–Crippen MR) is 59.0 cm³/mol. The minimum atomic E-state index is -0.0289. The van der Waals surface area contributed by atoms with Crippen LogP contribution in [0.2, 0.25) is 0 Å². The van der Waals surface area contributed by atoms with Gasteiger partial charge in [0.1, 0.15) is 0 Å². The molecular weight excluding hydrogens is 204 g/mol. The Morgan fingerprint density at radius 3 is 2.75 bits per heavy atom. The van der Waals surface area contributed by atoms with Crippen molar-refractivity contribution in [3.05, 3.63) is 47.8 Å². The van der Waals surface area contributed by atoms with Crippen LogP contribution in [0.3, 0.4) is 0 Å². The highest BCUT2D eigenvalue weighted by atomic mass is 16.1. The third-order valence-electron chi connectivity index (χ3n) is 2.27. The predicted octanol–water partition coefficient (Wildman–Crippen LogP) is 1.89. The second kappa shape index (κ2) is 4.10. The molecule has 0 unspecified atom stereocenters. The lowest BCUT2D eigenvalue weighted by molar-refractivity contribution is 0.101. The van der Waals surface area contributed by atoms with Crippen LogP contribution in [0.15, 0.2) is 36.7 Å². The standard InChI is InChI=1S/C12H10N2O2/c1-9(16)11-4-2-3-5-12(11)14-7-10(8-15)6-13-14/h2-8H,1H3. The van der Waals surface area contributed by atoms with Crippen LogP contribution in [0.1, 0.15) is 27.6 Å². The summed E-state index contributed by atoms with van der Waals surface area (Å²) >= 11 is 0. The molecule has 0 fully saturated rings. The summed E-state index contributed by atoms with van der Waals surface area (Å²) in [5, 5.41) is 4.03. The van der Waals surface area contributed by atoms with Crippen molar-refractivity contribution in [2.24, 2.45) is 0 Å². The Morgan fingerprint density at radius 2 is 2.12 bits per heavy atom. The van der Waals surface area contributed by atoms with Crippen LogP contribution in [0.25, 0.3) is 5.69 Å². The van der Waals surface area contributed by atoms with E-state index in [2.05, 4.69) is 5.10 Å². The maximum absolute atomic E-state index is 11.4. The van der Waals surface area contributed by atoms with E-state index in [-0.39, 0.29) is 5.78 Å². The van der Waals surface area contributed by atoms with Crippen LogP contribution < -0.4 is 0 Å². The van der Waals surface area contributed by atoms with Crippen LogP contribution in [0, 0.1) is 0 Å². The Kier molecular flexibility index (Phi) is 2.64. The van der Waals surface area contributed by atoms with Crippen molar-refractivity contribution in [1.82, 2.24) is 9.78 Å². The number of Topliss-reactive ketones (excluding diaryl/α,β-unsaturated/α-hetero) is 1. The van der Waals surface area contributed by atoms with Crippen molar-refractivity contribution in [1.29, 1.82) is 0 Å². The molecule has 2 aromatic rings. The number of aromatic nitrogens is 2. The Morgan fingerprint density at radius 1 is 1.38 bits per heavy atom. The average molecular weight is 214 g/mol. The zero-order valence-electron chi connectivity index (χ0n) is 8.75. The van der Waals surface area contributed by atoms with Crippen LogP contribution in [-0.4, -0.2) is 21.8 Å². The van der Waals surface area contributed by atoms with Crippen molar-refractivity contribution in [3.63, 3.8) is 0 Å². The van der Waals surface area contributed by atoms with E-state index in [1.165, 1.54) is 17.8 Å². The molecule has 1 aromatic heterocycles.